The molecule has 0 radical (unpaired) electrons. The average Bonchev–Trinajstić information content (AvgIpc) is 3.35. The summed E-state index contributed by atoms with van der Waals surface area (Å²) in [6, 6.07) is 13.2. The molecule has 1 aliphatic carbocycles. The number of alkyl halides is 3. The van der Waals surface area contributed by atoms with E-state index in [4.69, 9.17) is 4.98 Å². The third kappa shape index (κ3) is 4.81. The highest BCUT2D eigenvalue weighted by atomic mass is 19.4. The van der Waals surface area contributed by atoms with Crippen LogP contribution < -0.4 is 10.6 Å². The Morgan fingerprint density at radius 2 is 1.81 bits per heavy atom. The van der Waals surface area contributed by atoms with Gasteiger partial charge in [0.05, 0.1) is 11.3 Å². The number of hydrogen-bond donors (Lipinski definition) is 2. The van der Waals surface area contributed by atoms with Gasteiger partial charge in [-0.05, 0) is 55.0 Å². The highest BCUT2D eigenvalue weighted by Gasteiger charge is 2.30. The third-order valence-corrected chi connectivity index (χ3v) is 5.76. The Morgan fingerprint density at radius 3 is 2.58 bits per heavy atom. The summed E-state index contributed by atoms with van der Waals surface area (Å²) in [5, 5.41) is 5.87. The molecule has 2 N–H and O–H groups in total. The molecule has 4 aromatic rings. The van der Waals surface area contributed by atoms with Crippen LogP contribution in [0.1, 0.15) is 32.7 Å². The Balaban J connectivity index is 1.44. The van der Waals surface area contributed by atoms with Gasteiger partial charge in [-0.25, -0.2) is 9.97 Å². The lowest BCUT2D eigenvalue weighted by molar-refractivity contribution is -0.137. The number of aromatic nitrogens is 3. The first-order chi connectivity index (χ1) is 17.3. The van der Waals surface area contributed by atoms with E-state index in [1.807, 2.05) is 31.2 Å². The van der Waals surface area contributed by atoms with Gasteiger partial charge in [0.1, 0.15) is 5.82 Å². The van der Waals surface area contributed by atoms with Gasteiger partial charge in [-0.15, -0.1) is 0 Å². The Kier molecular flexibility index (Phi) is 5.97. The van der Waals surface area contributed by atoms with Gasteiger partial charge in [0, 0.05) is 46.9 Å². The topological polar surface area (TPSA) is 79.8 Å². The van der Waals surface area contributed by atoms with E-state index in [9.17, 15) is 18.0 Å². The second-order valence-corrected chi connectivity index (χ2v) is 8.29. The van der Waals surface area contributed by atoms with E-state index in [-0.39, 0.29) is 11.3 Å². The molecule has 2 heterocycles. The quantitative estimate of drug-likeness (QED) is 0.339. The molecular weight excluding hydrogens is 467 g/mol. The molecule has 0 bridgehead atoms. The first-order valence-corrected chi connectivity index (χ1v) is 11.1. The van der Waals surface area contributed by atoms with E-state index in [0.29, 0.717) is 23.8 Å². The van der Waals surface area contributed by atoms with Gasteiger partial charge in [-0.2, -0.15) is 13.2 Å². The Bertz CT molecular complexity index is 1480. The number of hydrogen-bond acceptors (Lipinski definition) is 5. The molecule has 0 saturated heterocycles. The van der Waals surface area contributed by atoms with Gasteiger partial charge >= 0.3 is 6.18 Å². The van der Waals surface area contributed by atoms with E-state index >= 15 is 0 Å². The molecule has 180 valence electrons. The lowest BCUT2D eigenvalue weighted by Crippen LogP contribution is -2.14. The number of benzene rings is 2. The fourth-order valence-corrected chi connectivity index (χ4v) is 3.86. The maximum absolute atomic E-state index is 13.0. The number of rotatable bonds is 5. The van der Waals surface area contributed by atoms with Crippen molar-refractivity contribution in [3.8, 4) is 11.4 Å². The Hall–Kier alpha value is -4.53. The number of anilines is 3. The van der Waals surface area contributed by atoms with Crippen molar-refractivity contribution in [1.82, 2.24) is 15.0 Å². The maximum Gasteiger partial charge on any atom is 0.416 e. The molecule has 0 saturated carbocycles. The Labute approximate surface area is 205 Å². The largest absolute Gasteiger partial charge is 0.416 e. The van der Waals surface area contributed by atoms with Gasteiger partial charge in [0.15, 0.2) is 5.82 Å². The summed E-state index contributed by atoms with van der Waals surface area (Å²) in [6.07, 6.45) is 3.49. The first-order valence-electron chi connectivity index (χ1n) is 11.1. The number of pyridine rings is 1. The zero-order chi connectivity index (χ0) is 25.3. The van der Waals surface area contributed by atoms with E-state index in [1.54, 1.807) is 30.6 Å². The monoisotopic (exact) mass is 487 g/mol. The van der Waals surface area contributed by atoms with Crippen molar-refractivity contribution in [3.63, 3.8) is 0 Å². The number of nitrogens with zero attached hydrogens (tertiary/aromatic N) is 3. The number of carbonyl (C=O) groups is 1. The molecule has 0 fully saturated rings. The van der Waals surface area contributed by atoms with Crippen molar-refractivity contribution in [2.75, 3.05) is 10.6 Å². The molecule has 36 heavy (non-hydrogen) atoms. The van der Waals surface area contributed by atoms with Gasteiger partial charge in [0.2, 0.25) is 0 Å². The number of carbonyl (C=O) groups excluding carboxylic acids is 1. The summed E-state index contributed by atoms with van der Waals surface area (Å²) in [7, 11) is 0. The second-order valence-electron chi connectivity index (χ2n) is 8.29. The minimum Gasteiger partial charge on any atom is -0.339 e. The Morgan fingerprint density at radius 1 is 1.00 bits per heavy atom. The summed E-state index contributed by atoms with van der Waals surface area (Å²) in [6.45, 7) is 1.89. The molecule has 9 heteroatoms. The molecule has 1 amide bonds. The highest BCUT2D eigenvalue weighted by molar-refractivity contribution is 6.05. The van der Waals surface area contributed by atoms with Crippen molar-refractivity contribution in [2.45, 2.75) is 19.5 Å². The van der Waals surface area contributed by atoms with Crippen LogP contribution in [0, 0.1) is 6.92 Å². The van der Waals surface area contributed by atoms with Gasteiger partial charge in [-0.1, -0.05) is 24.3 Å². The summed E-state index contributed by atoms with van der Waals surface area (Å²) in [5.74, 6) is 0.625. The molecule has 0 unspecified atom stereocenters. The molecule has 0 aliphatic heterocycles. The molecule has 1 aliphatic rings. The van der Waals surface area contributed by atoms with Crippen LogP contribution in [-0.2, 0) is 12.6 Å². The van der Waals surface area contributed by atoms with Gasteiger partial charge in [0.25, 0.3) is 5.91 Å². The van der Waals surface area contributed by atoms with Crippen LogP contribution >= 0.6 is 0 Å². The fourth-order valence-electron chi connectivity index (χ4n) is 3.86. The van der Waals surface area contributed by atoms with Gasteiger partial charge in [-0.3, -0.25) is 9.78 Å². The van der Waals surface area contributed by atoms with Crippen molar-refractivity contribution in [3.05, 3.63) is 101 Å². The predicted molar refractivity (Wildman–Crippen MR) is 132 cm³/mol. The lowest BCUT2D eigenvalue weighted by atomic mass is 10.1. The lowest BCUT2D eigenvalue weighted by Gasteiger charge is -2.15. The number of amides is 1. The molecule has 2 aromatic carbocycles. The average molecular weight is 487 g/mol. The SMILES string of the molecule is Cc1ccc(C(=O)Nc2cccc(C(F)(F)F)c2)cc1Nc1nc(-c2ccncc2)nc2c1C=CC2. The van der Waals surface area contributed by atoms with Crippen molar-refractivity contribution < 1.29 is 18.0 Å². The minimum atomic E-state index is -4.50. The van der Waals surface area contributed by atoms with Crippen LogP contribution in [0.4, 0.5) is 30.4 Å². The van der Waals surface area contributed by atoms with Crippen molar-refractivity contribution in [1.29, 1.82) is 0 Å². The number of fused-ring (bicyclic) bond motifs is 1. The van der Waals surface area contributed by atoms with Crippen LogP contribution in [0.3, 0.4) is 0 Å². The number of nitrogens with one attached hydrogen (secondary N) is 2. The zero-order valence-corrected chi connectivity index (χ0v) is 19.1. The molecule has 5 rings (SSSR count). The van der Waals surface area contributed by atoms with E-state index in [1.165, 1.54) is 12.1 Å². The first kappa shape index (κ1) is 23.2. The normalized spacial score (nSPS) is 12.3. The second kappa shape index (κ2) is 9.26. The fraction of sp³-hybridized carbons (Fsp3) is 0.111. The molecule has 2 aromatic heterocycles. The van der Waals surface area contributed by atoms with Crippen LogP contribution in [0.5, 0.6) is 0 Å². The van der Waals surface area contributed by atoms with Crippen molar-refractivity contribution >= 4 is 29.2 Å². The standard InChI is InChI=1S/C27H20F3N5O/c1-16-8-9-18(26(36)32-20-5-2-4-19(15-20)27(28,29)30)14-23(16)34-25-21-6-3-7-22(21)33-24(35-25)17-10-12-31-13-11-17/h2-6,8-15H,7H2,1H3,(H,32,36)(H,33,34,35). The van der Waals surface area contributed by atoms with Crippen LogP contribution in [0.2, 0.25) is 0 Å². The summed E-state index contributed by atoms with van der Waals surface area (Å²) >= 11 is 0. The smallest absolute Gasteiger partial charge is 0.339 e. The number of halogens is 3. The van der Waals surface area contributed by atoms with Crippen LogP contribution in [-0.4, -0.2) is 20.9 Å². The molecule has 0 spiro atoms. The van der Waals surface area contributed by atoms with E-state index < -0.39 is 17.6 Å². The molecule has 0 atom stereocenters. The third-order valence-electron chi connectivity index (χ3n) is 5.76. The number of aryl methyl sites for hydroxylation is 1. The highest BCUT2D eigenvalue weighted by Crippen LogP contribution is 2.32. The summed E-state index contributed by atoms with van der Waals surface area (Å²) in [4.78, 5) is 26.3. The van der Waals surface area contributed by atoms with E-state index in [2.05, 4.69) is 20.6 Å². The van der Waals surface area contributed by atoms with Gasteiger partial charge < -0.3 is 10.6 Å². The van der Waals surface area contributed by atoms with E-state index in [0.717, 1.165) is 34.5 Å². The maximum atomic E-state index is 13.0. The predicted octanol–water partition coefficient (Wildman–Crippen LogP) is 6.43. The summed E-state index contributed by atoms with van der Waals surface area (Å²) in [5.41, 5.74) is 3.61. The van der Waals surface area contributed by atoms with Crippen LogP contribution in [0.25, 0.3) is 17.5 Å². The summed E-state index contributed by atoms with van der Waals surface area (Å²) < 4.78 is 39.1. The van der Waals surface area contributed by atoms with Crippen LogP contribution in [0.15, 0.2) is 73.1 Å². The molecular formula is C27H20F3N5O. The number of allylic oxidation sites excluding steroid dienone is 1. The van der Waals surface area contributed by atoms with Crippen molar-refractivity contribution in [2.24, 2.45) is 0 Å². The zero-order valence-electron chi connectivity index (χ0n) is 19.1. The molecule has 6 nitrogen and oxygen atoms in total. The minimum absolute atomic E-state index is 0.0608.